The number of benzene rings is 1. The Morgan fingerprint density at radius 1 is 1.55 bits per heavy atom. The van der Waals surface area contributed by atoms with Crippen molar-refractivity contribution in [2.75, 3.05) is 0 Å². The number of hydrogen-bond donors (Lipinski definition) is 0. The highest BCUT2D eigenvalue weighted by Gasteiger charge is 2.02. The number of carbonyl (C=O) groups excluding carboxylic acids is 1. The first-order valence-electron chi connectivity index (χ1n) is 3.08. The summed E-state index contributed by atoms with van der Waals surface area (Å²) in [4.78, 5) is 10.3. The van der Waals surface area contributed by atoms with E-state index in [4.69, 9.17) is 0 Å². The van der Waals surface area contributed by atoms with Crippen LogP contribution in [0.15, 0.2) is 22.7 Å². The van der Waals surface area contributed by atoms with Gasteiger partial charge in [0.2, 0.25) is 0 Å². The second kappa shape index (κ2) is 3.62. The third-order valence-electron chi connectivity index (χ3n) is 1.38. The van der Waals surface area contributed by atoms with Crippen molar-refractivity contribution in [2.45, 2.75) is 6.67 Å². The number of alkyl halides is 1. The summed E-state index contributed by atoms with van der Waals surface area (Å²) >= 11 is 3.13. The van der Waals surface area contributed by atoms with Crippen molar-refractivity contribution in [3.05, 3.63) is 33.8 Å². The first-order chi connectivity index (χ1) is 5.29. The molecule has 0 aliphatic rings. The highest BCUT2D eigenvalue weighted by Crippen LogP contribution is 2.20. The van der Waals surface area contributed by atoms with Gasteiger partial charge in [0, 0.05) is 10.0 Å². The molecule has 0 bridgehead atoms. The molecule has 1 aromatic rings. The molecule has 0 radical (unpaired) electrons. The maximum absolute atomic E-state index is 12.2. The molecule has 3 heteroatoms. The first-order valence-corrected chi connectivity index (χ1v) is 3.87. The topological polar surface area (TPSA) is 17.1 Å². The van der Waals surface area contributed by atoms with E-state index in [1.54, 1.807) is 18.2 Å². The Kier molecular flexibility index (Phi) is 2.76. The van der Waals surface area contributed by atoms with Gasteiger partial charge in [-0.2, -0.15) is 0 Å². The van der Waals surface area contributed by atoms with Gasteiger partial charge in [0.15, 0.2) is 6.29 Å². The van der Waals surface area contributed by atoms with Crippen molar-refractivity contribution >= 4 is 22.2 Å². The third kappa shape index (κ3) is 1.66. The summed E-state index contributed by atoms with van der Waals surface area (Å²) in [5.41, 5.74) is 0.995. The van der Waals surface area contributed by atoms with Crippen LogP contribution in [0.4, 0.5) is 4.39 Å². The van der Waals surface area contributed by atoms with E-state index in [9.17, 15) is 9.18 Å². The van der Waals surface area contributed by atoms with Crippen molar-refractivity contribution in [3.8, 4) is 0 Å². The highest BCUT2D eigenvalue weighted by molar-refractivity contribution is 9.10. The van der Waals surface area contributed by atoms with Crippen molar-refractivity contribution in [1.29, 1.82) is 0 Å². The summed E-state index contributed by atoms with van der Waals surface area (Å²) in [5.74, 6) is 0. The molecule has 0 aliphatic heterocycles. The van der Waals surface area contributed by atoms with Crippen LogP contribution in [-0.4, -0.2) is 6.29 Å². The fourth-order valence-electron chi connectivity index (χ4n) is 0.794. The Morgan fingerprint density at radius 3 is 2.82 bits per heavy atom. The number of hydrogen-bond acceptors (Lipinski definition) is 1. The van der Waals surface area contributed by atoms with Gasteiger partial charge in [0.1, 0.15) is 6.67 Å². The Hall–Kier alpha value is -0.700. The fraction of sp³-hybridized carbons (Fsp3) is 0.125. The summed E-state index contributed by atoms with van der Waals surface area (Å²) in [6.45, 7) is -0.553. The molecule has 0 saturated heterocycles. The van der Waals surface area contributed by atoms with Crippen molar-refractivity contribution in [2.24, 2.45) is 0 Å². The van der Waals surface area contributed by atoms with Crippen LogP contribution >= 0.6 is 15.9 Å². The van der Waals surface area contributed by atoms with Gasteiger partial charge >= 0.3 is 0 Å². The van der Waals surface area contributed by atoms with E-state index in [-0.39, 0.29) is 0 Å². The molecule has 1 aromatic carbocycles. The summed E-state index contributed by atoms with van der Waals surface area (Å²) in [6.07, 6.45) is 0.698. The minimum atomic E-state index is -0.553. The third-order valence-corrected chi connectivity index (χ3v) is 2.35. The lowest BCUT2D eigenvalue weighted by Gasteiger charge is -2.00. The van der Waals surface area contributed by atoms with E-state index in [0.717, 1.165) is 0 Å². The van der Waals surface area contributed by atoms with Crippen LogP contribution in [0, 0.1) is 0 Å². The van der Waals surface area contributed by atoms with Gasteiger partial charge in [0.25, 0.3) is 0 Å². The average molecular weight is 217 g/mol. The molecule has 0 unspecified atom stereocenters. The molecular weight excluding hydrogens is 211 g/mol. The zero-order valence-electron chi connectivity index (χ0n) is 5.68. The van der Waals surface area contributed by atoms with Gasteiger partial charge in [-0.25, -0.2) is 4.39 Å². The molecule has 11 heavy (non-hydrogen) atoms. The van der Waals surface area contributed by atoms with Crippen molar-refractivity contribution in [1.82, 2.24) is 0 Å². The van der Waals surface area contributed by atoms with E-state index in [1.165, 1.54) is 0 Å². The summed E-state index contributed by atoms with van der Waals surface area (Å²) in [6, 6.07) is 4.93. The van der Waals surface area contributed by atoms with Gasteiger partial charge in [0.05, 0.1) is 0 Å². The molecule has 0 heterocycles. The maximum atomic E-state index is 12.2. The lowest BCUT2D eigenvalue weighted by Crippen LogP contribution is -1.87. The fourth-order valence-corrected chi connectivity index (χ4v) is 1.26. The lowest BCUT2D eigenvalue weighted by atomic mass is 10.1. The van der Waals surface area contributed by atoms with Gasteiger partial charge in [-0.3, -0.25) is 4.79 Å². The smallest absolute Gasteiger partial charge is 0.151 e. The molecular formula is C8H6BrFO. The molecule has 0 amide bonds. The Labute approximate surface area is 72.4 Å². The minimum absolute atomic E-state index is 0.486. The van der Waals surface area contributed by atoms with E-state index >= 15 is 0 Å². The monoisotopic (exact) mass is 216 g/mol. The van der Waals surface area contributed by atoms with Gasteiger partial charge in [-0.05, 0) is 21.5 Å². The Morgan fingerprint density at radius 2 is 2.27 bits per heavy atom. The van der Waals surface area contributed by atoms with E-state index < -0.39 is 6.67 Å². The maximum Gasteiger partial charge on any atom is 0.151 e. The minimum Gasteiger partial charge on any atom is -0.298 e. The standard InChI is InChI=1S/C8H6BrFO/c9-8-6(4-10)2-1-3-7(8)5-11/h1-3,5H,4H2. The SMILES string of the molecule is O=Cc1cccc(CF)c1Br. The van der Waals surface area contributed by atoms with Gasteiger partial charge in [-0.1, -0.05) is 18.2 Å². The molecule has 0 fully saturated rings. The van der Waals surface area contributed by atoms with E-state index in [2.05, 4.69) is 15.9 Å². The quantitative estimate of drug-likeness (QED) is 0.696. The van der Waals surface area contributed by atoms with E-state index in [0.29, 0.717) is 21.9 Å². The van der Waals surface area contributed by atoms with Gasteiger partial charge < -0.3 is 0 Å². The van der Waals surface area contributed by atoms with Crippen LogP contribution < -0.4 is 0 Å². The molecule has 1 rings (SSSR count). The lowest BCUT2D eigenvalue weighted by molar-refractivity contribution is 0.112. The second-order valence-corrected chi connectivity index (χ2v) is 2.86. The Bertz CT molecular complexity index is 273. The molecule has 0 N–H and O–H groups in total. The number of aldehydes is 1. The van der Waals surface area contributed by atoms with Crippen LogP contribution in [0.2, 0.25) is 0 Å². The Balaban J connectivity index is 3.20. The largest absolute Gasteiger partial charge is 0.298 e. The van der Waals surface area contributed by atoms with E-state index in [1.807, 2.05) is 0 Å². The number of halogens is 2. The van der Waals surface area contributed by atoms with Crippen LogP contribution in [0.5, 0.6) is 0 Å². The second-order valence-electron chi connectivity index (χ2n) is 2.07. The molecule has 0 aliphatic carbocycles. The van der Waals surface area contributed by atoms with Crippen LogP contribution in [0.1, 0.15) is 15.9 Å². The van der Waals surface area contributed by atoms with Gasteiger partial charge in [-0.15, -0.1) is 0 Å². The highest BCUT2D eigenvalue weighted by atomic mass is 79.9. The molecule has 0 spiro atoms. The number of rotatable bonds is 2. The normalized spacial score (nSPS) is 9.64. The molecule has 0 aromatic heterocycles. The molecule has 58 valence electrons. The average Bonchev–Trinajstić information content (AvgIpc) is 2.05. The van der Waals surface area contributed by atoms with Crippen molar-refractivity contribution < 1.29 is 9.18 Å². The zero-order chi connectivity index (χ0) is 8.27. The van der Waals surface area contributed by atoms with Crippen LogP contribution in [0.25, 0.3) is 0 Å². The zero-order valence-corrected chi connectivity index (χ0v) is 7.27. The molecule has 0 atom stereocenters. The van der Waals surface area contributed by atoms with Crippen molar-refractivity contribution in [3.63, 3.8) is 0 Å². The predicted octanol–water partition coefficient (Wildman–Crippen LogP) is 2.73. The molecule has 1 nitrogen and oxygen atoms in total. The van der Waals surface area contributed by atoms with Crippen LogP contribution in [0.3, 0.4) is 0 Å². The molecule has 0 saturated carbocycles. The predicted molar refractivity (Wildman–Crippen MR) is 44.3 cm³/mol. The summed E-state index contributed by atoms with van der Waals surface area (Å²) in [5, 5.41) is 0. The number of carbonyl (C=O) groups is 1. The summed E-state index contributed by atoms with van der Waals surface area (Å²) in [7, 11) is 0. The van der Waals surface area contributed by atoms with Crippen LogP contribution in [-0.2, 0) is 6.67 Å². The first kappa shape index (κ1) is 8.40. The summed E-state index contributed by atoms with van der Waals surface area (Å²) < 4.78 is 12.7.